The first kappa shape index (κ1) is 15.2. The van der Waals surface area contributed by atoms with Crippen molar-refractivity contribution in [1.82, 2.24) is 4.90 Å². The quantitative estimate of drug-likeness (QED) is 0.907. The Balaban J connectivity index is 2.51. The summed E-state index contributed by atoms with van der Waals surface area (Å²) in [7, 11) is 0. The molecule has 0 fully saturated rings. The highest BCUT2D eigenvalue weighted by Gasteiger charge is 2.42. The third-order valence-electron chi connectivity index (χ3n) is 3.58. The van der Waals surface area contributed by atoms with Crippen molar-refractivity contribution in [2.24, 2.45) is 0 Å². The summed E-state index contributed by atoms with van der Waals surface area (Å²) in [6.07, 6.45) is 0.897. The summed E-state index contributed by atoms with van der Waals surface area (Å²) in [5, 5.41) is 10.0. The second-order valence-corrected chi connectivity index (χ2v) is 4.99. The molecule has 0 saturated carbocycles. The molecule has 1 aliphatic heterocycles. The highest BCUT2D eigenvalue weighted by Crippen LogP contribution is 2.38. The van der Waals surface area contributed by atoms with Crippen LogP contribution in [0.1, 0.15) is 38.3 Å². The maximum atomic E-state index is 13.1. The van der Waals surface area contributed by atoms with Crippen LogP contribution in [0.2, 0.25) is 0 Å². The zero-order valence-electron chi connectivity index (χ0n) is 12.1. The largest absolute Gasteiger partial charge is 0.503 e. The number of ketones is 1. The number of carbonyl (C=O) groups excluding carboxylic acids is 2. The summed E-state index contributed by atoms with van der Waals surface area (Å²) in [6.45, 7) is 4.01. The van der Waals surface area contributed by atoms with Gasteiger partial charge in [-0.2, -0.15) is 0 Å². The Morgan fingerprint density at radius 3 is 2.43 bits per heavy atom. The minimum Gasteiger partial charge on any atom is -0.503 e. The summed E-state index contributed by atoms with van der Waals surface area (Å²) in [5.74, 6) is -1.68. The van der Waals surface area contributed by atoms with Crippen molar-refractivity contribution >= 4 is 11.7 Å². The molecule has 1 atom stereocenters. The molecule has 1 aromatic carbocycles. The van der Waals surface area contributed by atoms with Crippen LogP contribution in [0, 0.1) is 5.82 Å². The summed E-state index contributed by atoms with van der Waals surface area (Å²) >= 11 is 0. The average Bonchev–Trinajstić information content (AvgIpc) is 2.73. The number of aliphatic hydroxyl groups excluding tert-OH is 1. The molecule has 2 rings (SSSR count). The summed E-state index contributed by atoms with van der Waals surface area (Å²) in [4.78, 5) is 25.7. The number of benzene rings is 1. The molecular weight excluding hydrogens is 273 g/mol. The number of hydrogen-bond donors (Lipinski definition) is 1. The number of hydrogen-bond acceptors (Lipinski definition) is 3. The highest BCUT2D eigenvalue weighted by molar-refractivity contribution is 6.08. The van der Waals surface area contributed by atoms with Crippen molar-refractivity contribution < 1.29 is 19.1 Å². The van der Waals surface area contributed by atoms with Crippen molar-refractivity contribution in [2.45, 2.75) is 32.7 Å². The van der Waals surface area contributed by atoms with E-state index >= 15 is 0 Å². The maximum absolute atomic E-state index is 13.1. The number of nitrogens with zero attached hydrogens (tertiary/aromatic N) is 1. The second kappa shape index (κ2) is 6.08. The maximum Gasteiger partial charge on any atom is 0.290 e. The van der Waals surface area contributed by atoms with Crippen LogP contribution in [-0.2, 0) is 9.59 Å². The third-order valence-corrected chi connectivity index (χ3v) is 3.58. The van der Waals surface area contributed by atoms with E-state index in [1.165, 1.54) is 29.2 Å². The molecular formula is C16H18FNO3. The van der Waals surface area contributed by atoms with Crippen molar-refractivity contribution in [3.63, 3.8) is 0 Å². The number of carbonyl (C=O) groups is 2. The van der Waals surface area contributed by atoms with Gasteiger partial charge in [-0.1, -0.05) is 26.0 Å². The molecule has 0 spiro atoms. The van der Waals surface area contributed by atoms with Crippen LogP contribution in [0.5, 0.6) is 0 Å². The van der Waals surface area contributed by atoms with Crippen LogP contribution in [-0.4, -0.2) is 28.2 Å². The van der Waals surface area contributed by atoms with Gasteiger partial charge in [-0.15, -0.1) is 0 Å². The Morgan fingerprint density at radius 2 is 1.90 bits per heavy atom. The minimum absolute atomic E-state index is 0.113. The van der Waals surface area contributed by atoms with Gasteiger partial charge in [-0.25, -0.2) is 4.39 Å². The highest BCUT2D eigenvalue weighted by atomic mass is 19.1. The van der Waals surface area contributed by atoms with Crippen LogP contribution in [0.3, 0.4) is 0 Å². The van der Waals surface area contributed by atoms with E-state index < -0.39 is 17.7 Å². The molecule has 5 heteroatoms. The Bertz CT molecular complexity index is 592. The first-order valence-corrected chi connectivity index (χ1v) is 7.04. The van der Waals surface area contributed by atoms with Gasteiger partial charge in [0.2, 0.25) is 0 Å². The predicted octanol–water partition coefficient (Wildman–Crippen LogP) is 2.91. The summed E-state index contributed by atoms with van der Waals surface area (Å²) in [5.41, 5.74) is 0.738. The van der Waals surface area contributed by atoms with Gasteiger partial charge in [0.1, 0.15) is 5.82 Å². The van der Waals surface area contributed by atoms with E-state index in [0.29, 0.717) is 18.5 Å². The standard InChI is InChI=1S/C16H18FNO3/c1-3-9-18-14(10-5-7-11(17)8-6-10)13(12(19)4-2)15(20)16(18)21/h5-8,14,20H,3-4,9H2,1-2H3. The van der Waals surface area contributed by atoms with Gasteiger partial charge in [0.05, 0.1) is 11.6 Å². The van der Waals surface area contributed by atoms with Gasteiger partial charge in [0.25, 0.3) is 5.91 Å². The second-order valence-electron chi connectivity index (χ2n) is 4.99. The van der Waals surface area contributed by atoms with Gasteiger partial charge < -0.3 is 10.0 Å². The number of aliphatic hydroxyl groups is 1. The van der Waals surface area contributed by atoms with Crippen LogP contribution >= 0.6 is 0 Å². The molecule has 1 amide bonds. The van der Waals surface area contributed by atoms with Gasteiger partial charge >= 0.3 is 0 Å². The van der Waals surface area contributed by atoms with Crippen LogP contribution < -0.4 is 0 Å². The Morgan fingerprint density at radius 1 is 1.29 bits per heavy atom. The molecule has 1 N–H and O–H groups in total. The lowest BCUT2D eigenvalue weighted by atomic mass is 9.95. The van der Waals surface area contributed by atoms with Gasteiger partial charge in [0, 0.05) is 13.0 Å². The monoisotopic (exact) mass is 291 g/mol. The molecule has 1 aliphatic rings. The molecule has 0 radical (unpaired) electrons. The first-order chi connectivity index (χ1) is 10.0. The number of amides is 1. The molecule has 4 nitrogen and oxygen atoms in total. The lowest BCUT2D eigenvalue weighted by Gasteiger charge is -2.26. The average molecular weight is 291 g/mol. The Labute approximate surface area is 122 Å². The third kappa shape index (κ3) is 2.68. The van der Waals surface area contributed by atoms with Gasteiger partial charge in [-0.05, 0) is 24.1 Å². The van der Waals surface area contributed by atoms with E-state index in [2.05, 4.69) is 0 Å². The number of rotatable bonds is 5. The molecule has 0 aliphatic carbocycles. The minimum atomic E-state index is -0.634. The van der Waals surface area contributed by atoms with Crippen molar-refractivity contribution in [3.8, 4) is 0 Å². The molecule has 0 saturated heterocycles. The molecule has 1 unspecified atom stereocenters. The van der Waals surface area contributed by atoms with Gasteiger partial charge in [0.15, 0.2) is 11.5 Å². The van der Waals surface area contributed by atoms with Gasteiger partial charge in [-0.3, -0.25) is 9.59 Å². The van der Waals surface area contributed by atoms with E-state index in [1.807, 2.05) is 6.92 Å². The van der Waals surface area contributed by atoms with E-state index in [-0.39, 0.29) is 23.6 Å². The van der Waals surface area contributed by atoms with E-state index in [1.54, 1.807) is 6.92 Å². The van der Waals surface area contributed by atoms with Crippen molar-refractivity contribution in [3.05, 3.63) is 47.0 Å². The molecule has 112 valence electrons. The summed E-state index contributed by atoms with van der Waals surface area (Å²) < 4.78 is 13.1. The van der Waals surface area contributed by atoms with Crippen LogP contribution in [0.4, 0.5) is 4.39 Å². The molecule has 0 bridgehead atoms. The van der Waals surface area contributed by atoms with Crippen LogP contribution in [0.15, 0.2) is 35.6 Å². The summed E-state index contributed by atoms with van der Waals surface area (Å²) in [6, 6.07) is 5.01. The lowest BCUT2D eigenvalue weighted by Crippen LogP contribution is -2.31. The fraction of sp³-hybridized carbons (Fsp3) is 0.375. The van der Waals surface area contributed by atoms with Crippen molar-refractivity contribution in [2.75, 3.05) is 6.54 Å². The SMILES string of the molecule is CCCN1C(=O)C(O)=C(C(=O)CC)C1c1ccc(F)cc1. The van der Waals surface area contributed by atoms with Crippen molar-refractivity contribution in [1.29, 1.82) is 0 Å². The Hall–Kier alpha value is -2.17. The fourth-order valence-electron chi connectivity index (χ4n) is 2.59. The van der Waals surface area contributed by atoms with E-state index in [0.717, 1.165) is 0 Å². The lowest BCUT2D eigenvalue weighted by molar-refractivity contribution is -0.129. The van der Waals surface area contributed by atoms with Crippen LogP contribution in [0.25, 0.3) is 0 Å². The number of halogens is 1. The molecule has 1 heterocycles. The van der Waals surface area contributed by atoms with E-state index in [9.17, 15) is 19.1 Å². The zero-order chi connectivity index (χ0) is 15.6. The molecule has 0 aromatic heterocycles. The first-order valence-electron chi connectivity index (χ1n) is 7.04. The molecule has 21 heavy (non-hydrogen) atoms. The predicted molar refractivity (Wildman–Crippen MR) is 76.1 cm³/mol. The topological polar surface area (TPSA) is 57.6 Å². The van der Waals surface area contributed by atoms with E-state index in [4.69, 9.17) is 0 Å². The Kier molecular flexibility index (Phi) is 4.40. The zero-order valence-corrected chi connectivity index (χ0v) is 12.1. The smallest absolute Gasteiger partial charge is 0.290 e. The molecule has 1 aromatic rings. The fourth-order valence-corrected chi connectivity index (χ4v) is 2.59. The number of Topliss-reactive ketones (excluding diaryl/α,β-unsaturated/α-hetero) is 1. The normalized spacial score (nSPS) is 18.5.